The monoisotopic (exact) mass is 369 g/mol. The number of fused-ring (bicyclic) bond motifs is 1. The lowest BCUT2D eigenvalue weighted by molar-refractivity contribution is 0.305. The van der Waals surface area contributed by atoms with E-state index in [2.05, 4.69) is 32.4 Å². The number of hydrogen-bond donors (Lipinski definition) is 0. The number of ether oxygens (including phenoxy) is 3. The van der Waals surface area contributed by atoms with Crippen LogP contribution in [0.4, 0.5) is 5.82 Å². The topological polar surface area (TPSA) is 56.7 Å². The molecule has 0 saturated carbocycles. The lowest BCUT2D eigenvalue weighted by Gasteiger charge is -2.21. The molecule has 4 rings (SSSR count). The number of methoxy groups -OCH3 is 2. The molecule has 6 nitrogen and oxygen atoms in total. The number of aromatic nitrogens is 2. The molecule has 3 aromatic rings. The van der Waals surface area contributed by atoms with Crippen LogP contribution in [0.15, 0.2) is 42.0 Å². The molecule has 0 amide bonds. The van der Waals surface area contributed by atoms with Gasteiger partial charge in [0.15, 0.2) is 11.5 Å². The highest BCUT2D eigenvalue weighted by Crippen LogP contribution is 2.39. The van der Waals surface area contributed by atoms with Crippen LogP contribution in [-0.2, 0) is 6.54 Å². The summed E-state index contributed by atoms with van der Waals surface area (Å²) in [4.78, 5) is 11.8. The Kier molecular flexibility index (Phi) is 4.62. The van der Waals surface area contributed by atoms with Crippen molar-refractivity contribution in [1.29, 1.82) is 0 Å². The van der Waals surface area contributed by atoms with E-state index >= 15 is 0 Å². The van der Waals surface area contributed by atoms with Crippen molar-refractivity contribution < 1.29 is 14.2 Å². The summed E-state index contributed by atoms with van der Waals surface area (Å²) in [5.74, 6) is 2.92. The van der Waals surface area contributed by atoms with E-state index in [4.69, 9.17) is 14.2 Å². The smallest absolute Gasteiger partial charge is 0.218 e. The zero-order chi connectivity index (χ0) is 17.9. The van der Waals surface area contributed by atoms with Crippen LogP contribution >= 0.6 is 11.3 Å². The minimum absolute atomic E-state index is 0.547. The first-order valence-electron chi connectivity index (χ1n) is 8.27. The minimum Gasteiger partial charge on any atom is -0.493 e. The van der Waals surface area contributed by atoms with Crippen molar-refractivity contribution in [1.82, 2.24) is 9.97 Å². The molecular weight excluding hydrogens is 350 g/mol. The SMILES string of the molecule is COc1cc(N2CCOc3c(cc(-c4cccs4)cc3OC)C2)ncn1. The van der Waals surface area contributed by atoms with Gasteiger partial charge in [0.1, 0.15) is 18.8 Å². The zero-order valence-corrected chi connectivity index (χ0v) is 15.5. The van der Waals surface area contributed by atoms with E-state index in [0.717, 1.165) is 28.4 Å². The molecule has 1 aromatic carbocycles. The normalized spacial score (nSPS) is 13.5. The molecule has 1 aliphatic heterocycles. The summed E-state index contributed by atoms with van der Waals surface area (Å²) in [6.07, 6.45) is 1.52. The third-order valence-electron chi connectivity index (χ3n) is 4.29. The van der Waals surface area contributed by atoms with Crippen molar-refractivity contribution in [2.45, 2.75) is 6.54 Å². The fourth-order valence-electron chi connectivity index (χ4n) is 3.03. The van der Waals surface area contributed by atoms with Crippen LogP contribution in [0, 0.1) is 0 Å². The van der Waals surface area contributed by atoms with Crippen LogP contribution in [0.5, 0.6) is 17.4 Å². The molecule has 0 spiro atoms. The van der Waals surface area contributed by atoms with Gasteiger partial charge in [-0.25, -0.2) is 9.97 Å². The van der Waals surface area contributed by atoms with Crippen LogP contribution in [0.3, 0.4) is 0 Å². The van der Waals surface area contributed by atoms with Crippen LogP contribution in [0.2, 0.25) is 0 Å². The third-order valence-corrected chi connectivity index (χ3v) is 5.21. The number of thiophene rings is 1. The summed E-state index contributed by atoms with van der Waals surface area (Å²) in [6.45, 7) is 1.94. The molecule has 2 aromatic heterocycles. The van der Waals surface area contributed by atoms with Gasteiger partial charge < -0.3 is 19.1 Å². The quantitative estimate of drug-likeness (QED) is 0.700. The van der Waals surface area contributed by atoms with Crippen molar-refractivity contribution in [3.8, 4) is 27.8 Å². The summed E-state index contributed by atoms with van der Waals surface area (Å²) in [6, 6.07) is 10.2. The second-order valence-corrected chi connectivity index (χ2v) is 6.78. The largest absolute Gasteiger partial charge is 0.493 e. The van der Waals surface area contributed by atoms with E-state index in [0.29, 0.717) is 25.6 Å². The highest BCUT2D eigenvalue weighted by Gasteiger charge is 2.22. The van der Waals surface area contributed by atoms with Gasteiger partial charge >= 0.3 is 0 Å². The van der Waals surface area contributed by atoms with Gasteiger partial charge in [0, 0.05) is 23.1 Å². The predicted molar refractivity (Wildman–Crippen MR) is 101 cm³/mol. The van der Waals surface area contributed by atoms with E-state index < -0.39 is 0 Å². The maximum atomic E-state index is 6.01. The first-order valence-corrected chi connectivity index (χ1v) is 9.15. The molecule has 0 atom stereocenters. The molecule has 7 heteroatoms. The average Bonchev–Trinajstić information content (AvgIpc) is 3.14. The lowest BCUT2D eigenvalue weighted by Crippen LogP contribution is -2.26. The van der Waals surface area contributed by atoms with Gasteiger partial charge in [0.25, 0.3) is 0 Å². The van der Waals surface area contributed by atoms with Crippen LogP contribution in [0.25, 0.3) is 10.4 Å². The summed E-state index contributed by atoms with van der Waals surface area (Å²) < 4.78 is 16.8. The minimum atomic E-state index is 0.547. The molecule has 0 fully saturated rings. The number of rotatable bonds is 4. The molecule has 26 heavy (non-hydrogen) atoms. The van der Waals surface area contributed by atoms with E-state index in [1.54, 1.807) is 25.6 Å². The Bertz CT molecular complexity index is 899. The zero-order valence-electron chi connectivity index (χ0n) is 14.6. The average molecular weight is 369 g/mol. The van der Waals surface area contributed by atoms with Crippen molar-refractivity contribution in [3.05, 3.63) is 47.6 Å². The molecule has 0 aliphatic carbocycles. The summed E-state index contributed by atoms with van der Waals surface area (Å²) >= 11 is 1.71. The highest BCUT2D eigenvalue weighted by molar-refractivity contribution is 7.13. The predicted octanol–water partition coefficient (Wildman–Crippen LogP) is 3.62. The van der Waals surface area contributed by atoms with Crippen molar-refractivity contribution in [2.75, 3.05) is 32.3 Å². The Balaban J connectivity index is 1.73. The van der Waals surface area contributed by atoms with Gasteiger partial charge in [-0.1, -0.05) is 6.07 Å². The third kappa shape index (κ3) is 3.17. The molecule has 0 unspecified atom stereocenters. The number of anilines is 1. The van der Waals surface area contributed by atoms with Gasteiger partial charge in [0.2, 0.25) is 5.88 Å². The van der Waals surface area contributed by atoms with Crippen molar-refractivity contribution >= 4 is 17.2 Å². The molecule has 0 N–H and O–H groups in total. The molecule has 0 bridgehead atoms. The van der Waals surface area contributed by atoms with Crippen molar-refractivity contribution in [3.63, 3.8) is 0 Å². The molecule has 0 radical (unpaired) electrons. The fourth-order valence-corrected chi connectivity index (χ4v) is 3.75. The standard InChI is InChI=1S/C19H19N3O3S/c1-23-15-9-13(16-4-3-7-26-16)8-14-11-22(5-6-25-19(14)15)17-10-18(24-2)21-12-20-17/h3-4,7-10,12H,5-6,11H2,1-2H3. The molecule has 1 aliphatic rings. The van der Waals surface area contributed by atoms with E-state index in [1.807, 2.05) is 18.2 Å². The number of nitrogens with zero attached hydrogens (tertiary/aromatic N) is 3. The first-order chi connectivity index (χ1) is 12.8. The Labute approximate surface area is 156 Å². The summed E-state index contributed by atoms with van der Waals surface area (Å²) in [5, 5.41) is 2.07. The Morgan fingerprint density at radius 2 is 2.08 bits per heavy atom. The second-order valence-electron chi connectivity index (χ2n) is 5.83. The maximum absolute atomic E-state index is 6.01. The fraction of sp³-hybridized carbons (Fsp3) is 0.263. The molecular formula is C19H19N3O3S. The number of benzene rings is 1. The molecule has 3 heterocycles. The van der Waals surface area contributed by atoms with E-state index in [1.165, 1.54) is 11.2 Å². The lowest BCUT2D eigenvalue weighted by atomic mass is 10.1. The molecule has 0 saturated heterocycles. The van der Waals surface area contributed by atoms with Crippen LogP contribution < -0.4 is 19.1 Å². The van der Waals surface area contributed by atoms with Crippen molar-refractivity contribution in [2.24, 2.45) is 0 Å². The second kappa shape index (κ2) is 7.21. The van der Waals surface area contributed by atoms with E-state index in [-0.39, 0.29) is 0 Å². The summed E-state index contributed by atoms with van der Waals surface area (Å²) in [7, 11) is 3.28. The van der Waals surface area contributed by atoms with E-state index in [9.17, 15) is 0 Å². The van der Waals surface area contributed by atoms with Gasteiger partial charge in [-0.15, -0.1) is 11.3 Å². The van der Waals surface area contributed by atoms with Gasteiger partial charge in [-0.05, 0) is 29.1 Å². The Hall–Kier alpha value is -2.80. The van der Waals surface area contributed by atoms with Gasteiger partial charge in [-0.2, -0.15) is 0 Å². The summed E-state index contributed by atoms with van der Waals surface area (Å²) in [5.41, 5.74) is 2.20. The Morgan fingerprint density at radius 3 is 2.85 bits per heavy atom. The van der Waals surface area contributed by atoms with Gasteiger partial charge in [0.05, 0.1) is 20.8 Å². The van der Waals surface area contributed by atoms with Crippen LogP contribution in [-0.4, -0.2) is 37.3 Å². The number of hydrogen-bond acceptors (Lipinski definition) is 7. The first kappa shape index (κ1) is 16.7. The molecule has 134 valence electrons. The van der Waals surface area contributed by atoms with Gasteiger partial charge in [-0.3, -0.25) is 0 Å². The maximum Gasteiger partial charge on any atom is 0.218 e. The highest BCUT2D eigenvalue weighted by atomic mass is 32.1. The Morgan fingerprint density at radius 1 is 1.15 bits per heavy atom. The van der Waals surface area contributed by atoms with Crippen LogP contribution in [0.1, 0.15) is 5.56 Å².